The predicted octanol–water partition coefficient (Wildman–Crippen LogP) is 2.16. The molecular weight excluding hydrogens is 223 g/mol. The molecule has 0 saturated carbocycles. The number of rotatable bonds is 1. The predicted molar refractivity (Wildman–Crippen MR) is 55.8 cm³/mol. The summed E-state index contributed by atoms with van der Waals surface area (Å²) in [6.07, 6.45) is 2.96. The van der Waals surface area contributed by atoms with Gasteiger partial charge < -0.3 is 5.73 Å². The Kier molecular flexibility index (Phi) is 2.31. The molecule has 0 radical (unpaired) electrons. The van der Waals surface area contributed by atoms with Crippen molar-refractivity contribution in [1.82, 2.24) is 14.8 Å². The van der Waals surface area contributed by atoms with Gasteiger partial charge >= 0.3 is 0 Å². The third-order valence-corrected chi connectivity index (χ3v) is 2.46. The molecule has 0 bridgehead atoms. The molecule has 6 heteroatoms. The van der Waals surface area contributed by atoms with E-state index in [-0.39, 0.29) is 0 Å². The number of anilines is 1. The van der Waals surface area contributed by atoms with Crippen molar-refractivity contribution in [3.8, 4) is 5.69 Å². The summed E-state index contributed by atoms with van der Waals surface area (Å²) in [6, 6.07) is 3.23. The Bertz CT molecular complexity index is 453. The summed E-state index contributed by atoms with van der Waals surface area (Å²) in [4.78, 5) is 3.81. The molecule has 0 amide bonds. The summed E-state index contributed by atoms with van der Waals surface area (Å²) < 4.78 is 1.53. The lowest BCUT2D eigenvalue weighted by atomic mass is 10.3. The van der Waals surface area contributed by atoms with Crippen LogP contribution in [0, 0.1) is 0 Å². The van der Waals surface area contributed by atoms with E-state index in [4.69, 9.17) is 28.9 Å². The number of hydrogen-bond donors (Lipinski definition) is 1. The Hall–Kier alpha value is -1.26. The molecule has 0 unspecified atom stereocenters. The number of nitrogen functional groups attached to an aromatic ring is 1. The van der Waals surface area contributed by atoms with E-state index in [9.17, 15) is 0 Å². The Morgan fingerprint density at radius 3 is 2.57 bits per heavy atom. The first-order valence-corrected chi connectivity index (χ1v) is 4.53. The van der Waals surface area contributed by atoms with Crippen molar-refractivity contribution in [3.63, 3.8) is 0 Å². The lowest BCUT2D eigenvalue weighted by Crippen LogP contribution is -2.00. The maximum absolute atomic E-state index is 5.85. The van der Waals surface area contributed by atoms with Crippen LogP contribution in [0.5, 0.6) is 0 Å². The Morgan fingerprint density at radius 1 is 1.21 bits per heavy atom. The molecule has 14 heavy (non-hydrogen) atoms. The molecule has 0 saturated heterocycles. The molecule has 0 aliphatic carbocycles. The van der Waals surface area contributed by atoms with Crippen LogP contribution in [0.3, 0.4) is 0 Å². The summed E-state index contributed by atoms with van der Waals surface area (Å²) in [7, 11) is 0. The first kappa shape index (κ1) is 9.30. The van der Waals surface area contributed by atoms with Crippen LogP contribution in [-0.2, 0) is 0 Å². The van der Waals surface area contributed by atoms with Crippen molar-refractivity contribution >= 4 is 28.9 Å². The molecule has 2 N–H and O–H groups in total. The van der Waals surface area contributed by atoms with Gasteiger partial charge in [-0.3, -0.25) is 0 Å². The summed E-state index contributed by atoms with van der Waals surface area (Å²) in [6.45, 7) is 0. The first-order chi connectivity index (χ1) is 6.68. The molecular formula is C8H6Cl2N4. The third kappa shape index (κ3) is 1.54. The van der Waals surface area contributed by atoms with Gasteiger partial charge in [-0.1, -0.05) is 23.2 Å². The fraction of sp³-hybridized carbons (Fsp3) is 0. The Labute approximate surface area is 90.3 Å². The zero-order chi connectivity index (χ0) is 10.1. The van der Waals surface area contributed by atoms with E-state index in [0.717, 1.165) is 0 Å². The molecule has 1 heterocycles. The second kappa shape index (κ2) is 3.48. The monoisotopic (exact) mass is 228 g/mol. The molecule has 72 valence electrons. The average molecular weight is 229 g/mol. The van der Waals surface area contributed by atoms with Crippen molar-refractivity contribution in [2.75, 3.05) is 5.73 Å². The van der Waals surface area contributed by atoms with Gasteiger partial charge in [0.15, 0.2) is 0 Å². The van der Waals surface area contributed by atoms with Crippen LogP contribution in [0.4, 0.5) is 5.69 Å². The second-order valence-corrected chi connectivity index (χ2v) is 3.48. The highest BCUT2D eigenvalue weighted by Gasteiger charge is 2.06. The SMILES string of the molecule is Nc1cc(Cl)c(Cl)cc1-n1cncn1. The van der Waals surface area contributed by atoms with Gasteiger partial charge in [-0.25, -0.2) is 9.67 Å². The van der Waals surface area contributed by atoms with Crippen LogP contribution in [0.25, 0.3) is 5.69 Å². The summed E-state index contributed by atoms with van der Waals surface area (Å²) in [5.74, 6) is 0. The minimum absolute atomic E-state index is 0.424. The molecule has 4 nitrogen and oxygen atoms in total. The van der Waals surface area contributed by atoms with Crippen molar-refractivity contribution in [2.24, 2.45) is 0 Å². The maximum Gasteiger partial charge on any atom is 0.138 e. The van der Waals surface area contributed by atoms with Gasteiger partial charge in [0, 0.05) is 0 Å². The molecule has 0 fully saturated rings. The molecule has 0 aliphatic rings. The molecule has 0 atom stereocenters. The fourth-order valence-electron chi connectivity index (χ4n) is 1.08. The number of aromatic nitrogens is 3. The largest absolute Gasteiger partial charge is 0.397 e. The topological polar surface area (TPSA) is 56.7 Å². The van der Waals surface area contributed by atoms with Crippen LogP contribution >= 0.6 is 23.2 Å². The quantitative estimate of drug-likeness (QED) is 0.762. The maximum atomic E-state index is 5.85. The minimum Gasteiger partial charge on any atom is -0.397 e. The van der Waals surface area contributed by atoms with E-state index in [1.165, 1.54) is 17.3 Å². The van der Waals surface area contributed by atoms with Gasteiger partial charge in [0.1, 0.15) is 12.7 Å². The van der Waals surface area contributed by atoms with Crippen molar-refractivity contribution in [3.05, 3.63) is 34.8 Å². The fourth-order valence-corrected chi connectivity index (χ4v) is 1.41. The molecule has 2 aromatic rings. The summed E-state index contributed by atoms with van der Waals surface area (Å²) >= 11 is 11.6. The van der Waals surface area contributed by atoms with Crippen LogP contribution in [0.1, 0.15) is 0 Å². The number of nitrogens with zero attached hydrogens (tertiary/aromatic N) is 3. The standard InChI is InChI=1S/C8H6Cl2N4/c9-5-1-7(11)8(2-6(5)10)14-4-12-3-13-14/h1-4H,11H2. The zero-order valence-corrected chi connectivity index (χ0v) is 8.50. The lowest BCUT2D eigenvalue weighted by Gasteiger charge is -2.06. The van der Waals surface area contributed by atoms with E-state index < -0.39 is 0 Å². The van der Waals surface area contributed by atoms with E-state index in [0.29, 0.717) is 21.4 Å². The highest BCUT2D eigenvalue weighted by atomic mass is 35.5. The minimum atomic E-state index is 0.424. The second-order valence-electron chi connectivity index (χ2n) is 2.67. The number of halogens is 2. The molecule has 2 rings (SSSR count). The summed E-state index contributed by atoms with van der Waals surface area (Å²) in [5, 5.41) is 4.80. The first-order valence-electron chi connectivity index (χ1n) is 3.78. The van der Waals surface area contributed by atoms with Gasteiger partial charge in [0.05, 0.1) is 21.4 Å². The van der Waals surface area contributed by atoms with Gasteiger partial charge in [0.2, 0.25) is 0 Å². The molecule has 1 aromatic heterocycles. The molecule has 1 aromatic carbocycles. The average Bonchev–Trinajstić information content (AvgIpc) is 2.64. The van der Waals surface area contributed by atoms with Crippen molar-refractivity contribution < 1.29 is 0 Å². The van der Waals surface area contributed by atoms with Crippen LogP contribution in [0.15, 0.2) is 24.8 Å². The van der Waals surface area contributed by atoms with Gasteiger partial charge in [0.25, 0.3) is 0 Å². The number of benzene rings is 1. The van der Waals surface area contributed by atoms with E-state index >= 15 is 0 Å². The molecule has 0 aliphatic heterocycles. The Balaban J connectivity index is 2.60. The smallest absolute Gasteiger partial charge is 0.138 e. The van der Waals surface area contributed by atoms with Gasteiger partial charge in [-0.2, -0.15) is 5.10 Å². The highest BCUT2D eigenvalue weighted by Crippen LogP contribution is 2.28. The number of nitrogens with two attached hydrogens (primary N) is 1. The van der Waals surface area contributed by atoms with Crippen LogP contribution in [0.2, 0.25) is 10.0 Å². The lowest BCUT2D eigenvalue weighted by molar-refractivity contribution is 0.881. The van der Waals surface area contributed by atoms with Crippen molar-refractivity contribution in [1.29, 1.82) is 0 Å². The third-order valence-electron chi connectivity index (χ3n) is 1.74. The van der Waals surface area contributed by atoms with Gasteiger partial charge in [-0.05, 0) is 12.1 Å². The Morgan fingerprint density at radius 2 is 1.93 bits per heavy atom. The normalized spacial score (nSPS) is 10.4. The van der Waals surface area contributed by atoms with E-state index in [2.05, 4.69) is 10.1 Å². The highest BCUT2D eigenvalue weighted by molar-refractivity contribution is 6.42. The zero-order valence-electron chi connectivity index (χ0n) is 6.98. The van der Waals surface area contributed by atoms with E-state index in [1.54, 1.807) is 12.1 Å². The van der Waals surface area contributed by atoms with E-state index in [1.807, 2.05) is 0 Å². The summed E-state index contributed by atoms with van der Waals surface area (Å²) in [5.41, 5.74) is 6.92. The van der Waals surface area contributed by atoms with Crippen LogP contribution in [-0.4, -0.2) is 14.8 Å². The van der Waals surface area contributed by atoms with Crippen LogP contribution < -0.4 is 5.73 Å². The van der Waals surface area contributed by atoms with Crippen molar-refractivity contribution in [2.45, 2.75) is 0 Å². The molecule has 0 spiro atoms. The number of hydrogen-bond acceptors (Lipinski definition) is 3. The van der Waals surface area contributed by atoms with Gasteiger partial charge in [-0.15, -0.1) is 0 Å².